The van der Waals surface area contributed by atoms with Gasteiger partial charge in [-0.25, -0.2) is 0 Å². The number of oxime groups is 1. The van der Waals surface area contributed by atoms with Crippen LogP contribution >= 0.6 is 0 Å². The van der Waals surface area contributed by atoms with Crippen molar-refractivity contribution in [2.75, 3.05) is 0 Å². The molecule has 0 saturated heterocycles. The molecule has 0 heterocycles. The van der Waals surface area contributed by atoms with Gasteiger partial charge in [-0.15, -0.1) is 5.16 Å². The number of benzene rings is 1. The first-order chi connectivity index (χ1) is 11.5. The smallest absolute Gasteiger partial charge is 0.278 e. The fourth-order valence-corrected chi connectivity index (χ4v) is 4.38. The van der Waals surface area contributed by atoms with Crippen LogP contribution in [0.4, 0.5) is 0 Å². The zero-order valence-corrected chi connectivity index (χ0v) is 20.8. The quantitative estimate of drug-likeness (QED) is 0.290. The van der Waals surface area contributed by atoms with Crippen molar-refractivity contribution in [2.45, 2.75) is 85.7 Å². The summed E-state index contributed by atoms with van der Waals surface area (Å²) in [7, 11) is -3.39. The van der Waals surface area contributed by atoms with Gasteiger partial charge in [-0.2, -0.15) is 0 Å². The van der Waals surface area contributed by atoms with E-state index in [4.69, 9.17) is 8.95 Å². The summed E-state index contributed by atoms with van der Waals surface area (Å²) in [6.07, 6.45) is 2.93. The molecule has 5 heteroatoms. The van der Waals surface area contributed by atoms with Crippen molar-refractivity contribution in [1.82, 2.24) is 0 Å². The minimum atomic E-state index is -1.70. The topological polar surface area (TPSA) is 30.8 Å². The van der Waals surface area contributed by atoms with Gasteiger partial charge in [0.15, 0.2) is 0 Å². The second kappa shape index (κ2) is 7.89. The first kappa shape index (κ1) is 23.0. The highest BCUT2D eigenvalue weighted by Gasteiger charge is 2.28. The van der Waals surface area contributed by atoms with Gasteiger partial charge >= 0.3 is 0 Å². The van der Waals surface area contributed by atoms with Crippen LogP contribution in [0.5, 0.6) is 5.75 Å². The maximum Gasteiger partial charge on any atom is 0.278 e. The van der Waals surface area contributed by atoms with Crippen LogP contribution in [0.3, 0.4) is 0 Å². The normalized spacial score (nSPS) is 14.0. The van der Waals surface area contributed by atoms with Gasteiger partial charge in [0.1, 0.15) is 5.75 Å². The molecule has 0 radical (unpaired) electrons. The lowest BCUT2D eigenvalue weighted by atomic mass is 9.72. The van der Waals surface area contributed by atoms with Crippen molar-refractivity contribution in [2.24, 2.45) is 10.6 Å². The monoisotopic (exact) mass is 393 g/mol. The van der Waals surface area contributed by atoms with Crippen LogP contribution in [0.2, 0.25) is 39.3 Å². The minimum Gasteiger partial charge on any atom is -0.544 e. The summed E-state index contributed by atoms with van der Waals surface area (Å²) in [6, 6.07) is 6.53. The maximum atomic E-state index is 6.29. The molecule has 0 saturated carbocycles. The van der Waals surface area contributed by atoms with Crippen LogP contribution in [0, 0.1) is 5.41 Å². The Hall–Kier alpha value is -1.08. The van der Waals surface area contributed by atoms with Crippen LogP contribution < -0.4 is 4.43 Å². The van der Waals surface area contributed by atoms with Crippen LogP contribution in [-0.4, -0.2) is 22.8 Å². The second-order valence-corrected chi connectivity index (χ2v) is 19.9. The van der Waals surface area contributed by atoms with Crippen molar-refractivity contribution in [3.63, 3.8) is 0 Å². The molecule has 0 N–H and O–H groups in total. The van der Waals surface area contributed by atoms with Gasteiger partial charge in [-0.1, -0.05) is 40.7 Å². The molecule has 0 bridgehead atoms. The molecular weight excluding hydrogens is 354 g/mol. The summed E-state index contributed by atoms with van der Waals surface area (Å²) < 4.78 is 12.0. The Morgan fingerprint density at radius 3 is 1.96 bits per heavy atom. The second-order valence-electron chi connectivity index (χ2n) is 11.0. The molecule has 0 aliphatic rings. The summed E-state index contributed by atoms with van der Waals surface area (Å²) in [5, 5.41) is 4.27. The summed E-state index contributed by atoms with van der Waals surface area (Å²) in [4.78, 5) is 0. The molecule has 0 unspecified atom stereocenters. The van der Waals surface area contributed by atoms with Gasteiger partial charge in [0.25, 0.3) is 8.32 Å². The van der Waals surface area contributed by atoms with Crippen molar-refractivity contribution in [1.29, 1.82) is 0 Å². The van der Waals surface area contributed by atoms with E-state index in [9.17, 15) is 0 Å². The molecule has 1 rings (SSSR count). The molecule has 0 amide bonds. The summed E-state index contributed by atoms with van der Waals surface area (Å²) in [6.45, 7) is 24.5. The molecule has 3 nitrogen and oxygen atoms in total. The Labute approximate surface area is 163 Å². The van der Waals surface area contributed by atoms with E-state index in [-0.39, 0.29) is 10.8 Å². The number of hydrogen-bond donors (Lipinski definition) is 0. The predicted molar refractivity (Wildman–Crippen MR) is 120 cm³/mol. The van der Waals surface area contributed by atoms with E-state index in [2.05, 4.69) is 97.3 Å². The van der Waals surface area contributed by atoms with E-state index < -0.39 is 16.6 Å². The summed E-state index contributed by atoms with van der Waals surface area (Å²) in [5.74, 6) is 0.905. The third-order valence-corrected chi connectivity index (χ3v) is 5.18. The molecule has 0 aromatic heterocycles. The first-order valence-corrected chi connectivity index (χ1v) is 16.4. The van der Waals surface area contributed by atoms with Gasteiger partial charge < -0.3 is 8.95 Å². The van der Waals surface area contributed by atoms with Crippen molar-refractivity contribution in [3.8, 4) is 5.75 Å². The molecule has 0 atom stereocenters. The lowest BCUT2D eigenvalue weighted by Crippen LogP contribution is -2.30. The molecular formula is C21H39NO2Si2. The maximum absolute atomic E-state index is 6.29. The van der Waals surface area contributed by atoms with Crippen LogP contribution in [-0.2, 0) is 9.94 Å². The predicted octanol–water partition coefficient (Wildman–Crippen LogP) is 6.80. The highest BCUT2D eigenvalue weighted by molar-refractivity contribution is 6.70. The SMILES string of the molecule is CC(C)(C)CC(C)(C)c1ccc(O[Si](C)(C)C)c(/C=N/O[Si](C)(C)C)c1. The standard InChI is InChI=1S/C21H39NO2Si2/c1-20(2,3)16-21(4,5)18-12-13-19(23-25(6,7)8)17(14-18)15-22-24-26(9,10)11/h12-15H,16H2,1-11H3/b22-15+. The van der Waals surface area contributed by atoms with E-state index in [1.165, 1.54) is 5.56 Å². The van der Waals surface area contributed by atoms with E-state index in [1.807, 2.05) is 6.21 Å². The molecule has 0 aliphatic carbocycles. The van der Waals surface area contributed by atoms with Crippen molar-refractivity contribution >= 4 is 22.8 Å². The zero-order chi connectivity index (χ0) is 20.4. The number of hydrogen-bond acceptors (Lipinski definition) is 3. The number of nitrogens with zero attached hydrogens (tertiary/aromatic N) is 1. The van der Waals surface area contributed by atoms with Gasteiger partial charge in [-0.05, 0) is 74.2 Å². The molecule has 1 aromatic carbocycles. The molecule has 26 heavy (non-hydrogen) atoms. The summed E-state index contributed by atoms with van der Waals surface area (Å²) >= 11 is 0. The van der Waals surface area contributed by atoms with Crippen LogP contribution in [0.15, 0.2) is 23.4 Å². The lowest BCUT2D eigenvalue weighted by molar-refractivity contribution is 0.284. The van der Waals surface area contributed by atoms with Gasteiger partial charge in [0.2, 0.25) is 8.32 Å². The highest BCUT2D eigenvalue weighted by atomic mass is 28.4. The Kier molecular flexibility index (Phi) is 6.97. The van der Waals surface area contributed by atoms with Crippen LogP contribution in [0.25, 0.3) is 0 Å². The Morgan fingerprint density at radius 1 is 0.923 bits per heavy atom. The molecule has 0 spiro atoms. The molecule has 1 aromatic rings. The Balaban J connectivity index is 3.27. The van der Waals surface area contributed by atoms with Gasteiger partial charge in [-0.3, -0.25) is 0 Å². The third-order valence-electron chi connectivity index (χ3n) is 3.70. The fraction of sp³-hybridized carbons (Fsp3) is 0.667. The lowest BCUT2D eigenvalue weighted by Gasteiger charge is -2.33. The van der Waals surface area contributed by atoms with Crippen molar-refractivity contribution in [3.05, 3.63) is 29.3 Å². The van der Waals surface area contributed by atoms with E-state index >= 15 is 0 Å². The molecule has 0 aliphatic heterocycles. The van der Waals surface area contributed by atoms with Gasteiger partial charge in [0.05, 0.1) is 6.21 Å². The summed E-state index contributed by atoms with van der Waals surface area (Å²) in [5.41, 5.74) is 2.67. The van der Waals surface area contributed by atoms with Crippen LogP contribution in [0.1, 0.15) is 52.2 Å². The van der Waals surface area contributed by atoms with E-state index in [0.717, 1.165) is 17.7 Å². The molecule has 148 valence electrons. The first-order valence-electron chi connectivity index (χ1n) is 9.54. The fourth-order valence-electron chi connectivity index (χ4n) is 3.16. The minimum absolute atomic E-state index is 0.0815. The van der Waals surface area contributed by atoms with E-state index in [1.54, 1.807) is 0 Å². The zero-order valence-electron chi connectivity index (χ0n) is 18.8. The Bertz CT molecular complexity index is 633. The van der Waals surface area contributed by atoms with Crippen molar-refractivity contribution < 1.29 is 8.95 Å². The number of rotatable bonds is 7. The highest BCUT2D eigenvalue weighted by Crippen LogP contribution is 2.37. The average Bonchev–Trinajstić information content (AvgIpc) is 2.34. The van der Waals surface area contributed by atoms with Gasteiger partial charge in [0, 0.05) is 5.56 Å². The third kappa shape index (κ3) is 8.54. The van der Waals surface area contributed by atoms with E-state index in [0.29, 0.717) is 0 Å². The molecule has 0 fully saturated rings. The largest absolute Gasteiger partial charge is 0.544 e. The average molecular weight is 394 g/mol. The Morgan fingerprint density at radius 2 is 1.50 bits per heavy atom.